The van der Waals surface area contributed by atoms with Crippen molar-refractivity contribution in [3.05, 3.63) is 76.2 Å². The minimum atomic E-state index is -1.00. The first-order chi connectivity index (χ1) is 8.74. The van der Waals surface area contributed by atoms with E-state index in [2.05, 4.69) is 0 Å². The molecule has 0 amide bonds. The van der Waals surface area contributed by atoms with Gasteiger partial charge in [0.15, 0.2) is 0 Å². The molecule has 1 nitrogen and oxygen atoms in total. The Hall–Kier alpha value is -1.38. The average molecular weight is 277 g/mol. The Morgan fingerprint density at radius 2 is 1.67 bits per heavy atom. The maximum atomic E-state index is 11.9. The predicted molar refractivity (Wildman–Crippen MR) is 78.8 cm³/mol. The second-order valence-electron chi connectivity index (χ2n) is 3.86. The standard InChI is InChI=1S/C15H13ClOS/c16-15-8-6-14(7-9-15)12-18(17)11-10-13-4-2-1-3-5-13/h1-11H,12H2/b11-10-. The van der Waals surface area contributed by atoms with E-state index in [4.69, 9.17) is 11.6 Å². The van der Waals surface area contributed by atoms with E-state index in [0.29, 0.717) is 10.8 Å². The molecule has 1 atom stereocenters. The Balaban J connectivity index is 1.97. The van der Waals surface area contributed by atoms with Crippen molar-refractivity contribution >= 4 is 28.5 Å². The second-order valence-corrected chi connectivity index (χ2v) is 5.62. The molecule has 92 valence electrons. The molecule has 2 aromatic rings. The molecule has 2 aromatic carbocycles. The molecule has 0 N–H and O–H groups in total. The maximum absolute atomic E-state index is 11.9. The summed E-state index contributed by atoms with van der Waals surface area (Å²) >= 11 is 5.80. The van der Waals surface area contributed by atoms with Gasteiger partial charge in [0, 0.05) is 10.4 Å². The molecular weight excluding hydrogens is 264 g/mol. The Kier molecular flexibility index (Phi) is 4.73. The van der Waals surface area contributed by atoms with Crippen molar-refractivity contribution in [2.75, 3.05) is 0 Å². The van der Waals surface area contributed by atoms with E-state index >= 15 is 0 Å². The molecule has 0 spiro atoms. The fourth-order valence-electron chi connectivity index (χ4n) is 1.51. The van der Waals surface area contributed by atoms with E-state index in [1.807, 2.05) is 60.7 Å². The first-order valence-electron chi connectivity index (χ1n) is 5.59. The average Bonchev–Trinajstić information content (AvgIpc) is 2.40. The SMILES string of the molecule is O=S(/C=C\c1ccccc1)Cc1ccc(Cl)cc1. The molecule has 18 heavy (non-hydrogen) atoms. The van der Waals surface area contributed by atoms with Gasteiger partial charge in [0.25, 0.3) is 0 Å². The number of benzene rings is 2. The zero-order valence-electron chi connectivity index (χ0n) is 9.75. The van der Waals surface area contributed by atoms with Crippen molar-refractivity contribution in [3.63, 3.8) is 0 Å². The summed E-state index contributed by atoms with van der Waals surface area (Å²) in [6, 6.07) is 17.3. The van der Waals surface area contributed by atoms with Crippen LogP contribution >= 0.6 is 11.6 Å². The van der Waals surface area contributed by atoms with Crippen LogP contribution in [0.4, 0.5) is 0 Å². The topological polar surface area (TPSA) is 17.1 Å². The van der Waals surface area contributed by atoms with Gasteiger partial charge in [-0.1, -0.05) is 54.1 Å². The van der Waals surface area contributed by atoms with Gasteiger partial charge in [-0.05, 0) is 29.3 Å². The normalized spacial score (nSPS) is 12.7. The first kappa shape index (κ1) is 13.1. The van der Waals surface area contributed by atoms with Crippen molar-refractivity contribution in [1.29, 1.82) is 0 Å². The zero-order valence-corrected chi connectivity index (χ0v) is 11.3. The monoisotopic (exact) mass is 276 g/mol. The van der Waals surface area contributed by atoms with E-state index in [1.165, 1.54) is 0 Å². The molecule has 0 aliphatic heterocycles. The summed E-state index contributed by atoms with van der Waals surface area (Å²) in [5.74, 6) is 0.514. The van der Waals surface area contributed by atoms with Crippen LogP contribution in [0, 0.1) is 0 Å². The molecule has 1 unspecified atom stereocenters. The molecule has 0 radical (unpaired) electrons. The highest BCUT2D eigenvalue weighted by Gasteiger charge is 1.98. The summed E-state index contributed by atoms with van der Waals surface area (Å²) < 4.78 is 11.9. The predicted octanol–water partition coefficient (Wildman–Crippen LogP) is 4.26. The smallest absolute Gasteiger partial charge is 0.0526 e. The summed E-state index contributed by atoms with van der Waals surface area (Å²) in [5, 5.41) is 2.42. The van der Waals surface area contributed by atoms with Crippen LogP contribution in [0.2, 0.25) is 5.02 Å². The third-order valence-corrected chi connectivity index (χ3v) is 3.74. The van der Waals surface area contributed by atoms with Gasteiger partial charge in [-0.25, -0.2) is 0 Å². The van der Waals surface area contributed by atoms with Crippen LogP contribution in [0.3, 0.4) is 0 Å². The number of rotatable bonds is 4. The Morgan fingerprint density at radius 1 is 1.00 bits per heavy atom. The number of hydrogen-bond donors (Lipinski definition) is 0. The quantitative estimate of drug-likeness (QED) is 0.815. The van der Waals surface area contributed by atoms with Gasteiger partial charge in [0.1, 0.15) is 0 Å². The van der Waals surface area contributed by atoms with Gasteiger partial charge in [-0.2, -0.15) is 0 Å². The summed E-state index contributed by atoms with van der Waals surface area (Å²) in [6.45, 7) is 0. The van der Waals surface area contributed by atoms with Gasteiger partial charge in [-0.3, -0.25) is 4.21 Å². The summed E-state index contributed by atoms with van der Waals surface area (Å²) in [7, 11) is -1.00. The highest BCUT2D eigenvalue weighted by atomic mass is 35.5. The molecule has 0 aliphatic rings. The van der Waals surface area contributed by atoms with Gasteiger partial charge in [0.05, 0.1) is 16.6 Å². The first-order valence-corrected chi connectivity index (χ1v) is 7.35. The van der Waals surface area contributed by atoms with Crippen molar-refractivity contribution in [2.24, 2.45) is 0 Å². The van der Waals surface area contributed by atoms with Crippen molar-refractivity contribution in [1.82, 2.24) is 0 Å². The Labute approximate surface area is 115 Å². The zero-order chi connectivity index (χ0) is 12.8. The minimum Gasteiger partial charge on any atom is -0.255 e. The molecule has 0 saturated heterocycles. The van der Waals surface area contributed by atoms with Crippen LogP contribution in [0.15, 0.2) is 60.0 Å². The third-order valence-electron chi connectivity index (χ3n) is 2.43. The largest absolute Gasteiger partial charge is 0.255 e. The van der Waals surface area contributed by atoms with E-state index in [0.717, 1.165) is 11.1 Å². The fraction of sp³-hybridized carbons (Fsp3) is 0.0667. The van der Waals surface area contributed by atoms with Crippen molar-refractivity contribution in [2.45, 2.75) is 5.75 Å². The van der Waals surface area contributed by atoms with Crippen LogP contribution in [0.5, 0.6) is 0 Å². The summed E-state index contributed by atoms with van der Waals surface area (Å²) in [6.07, 6.45) is 1.88. The third kappa shape index (κ3) is 4.13. The van der Waals surface area contributed by atoms with Crippen LogP contribution in [0.1, 0.15) is 11.1 Å². The molecule has 2 rings (SSSR count). The second kappa shape index (κ2) is 6.53. The van der Waals surface area contributed by atoms with Gasteiger partial charge >= 0.3 is 0 Å². The van der Waals surface area contributed by atoms with Crippen molar-refractivity contribution < 1.29 is 4.21 Å². The van der Waals surface area contributed by atoms with E-state index < -0.39 is 10.8 Å². The van der Waals surface area contributed by atoms with Gasteiger partial charge in [0.2, 0.25) is 0 Å². The Morgan fingerprint density at radius 3 is 2.33 bits per heavy atom. The lowest BCUT2D eigenvalue weighted by molar-refractivity contribution is 0.688. The molecule has 0 aliphatic carbocycles. The van der Waals surface area contributed by atoms with Crippen molar-refractivity contribution in [3.8, 4) is 0 Å². The van der Waals surface area contributed by atoms with Crippen LogP contribution < -0.4 is 0 Å². The van der Waals surface area contributed by atoms with Crippen LogP contribution in [-0.4, -0.2) is 4.21 Å². The lowest BCUT2D eigenvalue weighted by Crippen LogP contribution is -1.90. The van der Waals surface area contributed by atoms with Gasteiger partial charge < -0.3 is 0 Å². The van der Waals surface area contributed by atoms with E-state index in [-0.39, 0.29) is 0 Å². The highest BCUT2D eigenvalue weighted by Crippen LogP contribution is 2.12. The highest BCUT2D eigenvalue weighted by molar-refractivity contribution is 7.87. The fourth-order valence-corrected chi connectivity index (χ4v) is 2.56. The molecule has 0 bridgehead atoms. The Bertz CT molecular complexity index is 546. The number of halogens is 1. The molecular formula is C15H13ClOS. The minimum absolute atomic E-state index is 0.514. The molecule has 0 saturated carbocycles. The summed E-state index contributed by atoms with van der Waals surface area (Å²) in [5.41, 5.74) is 2.08. The lowest BCUT2D eigenvalue weighted by atomic mass is 10.2. The molecule has 0 fully saturated rings. The van der Waals surface area contributed by atoms with E-state index in [1.54, 1.807) is 5.41 Å². The molecule has 0 aromatic heterocycles. The number of hydrogen-bond acceptors (Lipinski definition) is 1. The van der Waals surface area contributed by atoms with Crippen LogP contribution in [-0.2, 0) is 16.6 Å². The lowest BCUT2D eigenvalue weighted by Gasteiger charge is -1.98. The van der Waals surface area contributed by atoms with E-state index in [9.17, 15) is 4.21 Å². The van der Waals surface area contributed by atoms with Crippen LogP contribution in [0.25, 0.3) is 6.08 Å². The van der Waals surface area contributed by atoms with Gasteiger partial charge in [-0.15, -0.1) is 0 Å². The molecule has 3 heteroatoms. The molecule has 0 heterocycles. The summed E-state index contributed by atoms with van der Waals surface area (Å²) in [4.78, 5) is 0. The maximum Gasteiger partial charge on any atom is 0.0526 e.